The molecule has 0 bridgehead atoms. The summed E-state index contributed by atoms with van der Waals surface area (Å²) in [6, 6.07) is 8.08. The number of aliphatic hydroxyl groups is 1. The Labute approximate surface area is 343 Å². The first kappa shape index (κ1) is 50.0. The number of likely N-dealkylation sites (tertiary alicyclic amines) is 1. The van der Waals surface area contributed by atoms with Crippen molar-refractivity contribution in [3.63, 3.8) is 0 Å². The molecule has 1 aromatic carbocycles. The van der Waals surface area contributed by atoms with Crippen molar-refractivity contribution in [2.24, 2.45) is 35.5 Å². The molecule has 12 nitrogen and oxygen atoms in total. The average molecular weight is 802 g/mol. The molecule has 1 heterocycles. The van der Waals surface area contributed by atoms with E-state index >= 15 is 0 Å². The first-order chi connectivity index (χ1) is 26.8. The third kappa shape index (κ3) is 14.0. The summed E-state index contributed by atoms with van der Waals surface area (Å²) in [6.45, 7) is 16.6. The highest BCUT2D eigenvalue weighted by Gasteiger charge is 2.43. The number of carbonyl (C=O) groups is 5. The first-order valence-electron chi connectivity index (χ1n) is 21.1. The summed E-state index contributed by atoms with van der Waals surface area (Å²) >= 11 is 0. The van der Waals surface area contributed by atoms with Crippen LogP contribution in [0.25, 0.3) is 0 Å². The van der Waals surface area contributed by atoms with Gasteiger partial charge in [0.1, 0.15) is 5.78 Å². The van der Waals surface area contributed by atoms with Gasteiger partial charge in [0.05, 0.1) is 42.9 Å². The van der Waals surface area contributed by atoms with E-state index in [1.807, 2.05) is 103 Å². The van der Waals surface area contributed by atoms with Crippen molar-refractivity contribution in [2.75, 3.05) is 41.4 Å². The number of aliphatic carboxylic acids is 1. The van der Waals surface area contributed by atoms with Crippen LogP contribution in [0.15, 0.2) is 30.3 Å². The Kier molecular flexibility index (Phi) is 21.1. The zero-order valence-corrected chi connectivity index (χ0v) is 37.0. The molecule has 1 aliphatic heterocycles. The van der Waals surface area contributed by atoms with Gasteiger partial charge in [-0.2, -0.15) is 0 Å². The quantitative estimate of drug-likeness (QED) is 0.109. The minimum absolute atomic E-state index is 0.0201. The number of benzene rings is 1. The molecule has 0 aromatic heterocycles. The fraction of sp³-hybridized carbons (Fsp3) is 0.756. The normalized spacial score (nSPS) is 19.4. The summed E-state index contributed by atoms with van der Waals surface area (Å²) in [5.41, 5.74) is 0.764. The standard InChI is InChI=1S/C45H75N3O9/c1-13-30(6)42(47(10)45(55)34(28(2)3)26-37(50)41(29(4)5)46(9)23-18-22-40(52)53)38(56-11)27-39(51)48-24-17-21-35(48)44(57-12)32(8)36(49)25-31(7)43(54)33-19-15-14-16-20-33/h14-16,19-20,28-32,34-35,38,41-44,54H,13,17-18,21-27H2,1-12H3,(H,52,53)/t30-,31-,32-,34-,35-,38+,41-,42-,43+,44+/m0/s1. The Morgan fingerprint density at radius 1 is 0.860 bits per heavy atom. The third-order valence-corrected chi connectivity index (χ3v) is 12.4. The number of ketones is 2. The highest BCUT2D eigenvalue weighted by Crippen LogP contribution is 2.33. The smallest absolute Gasteiger partial charge is 0.303 e. The number of aliphatic hydroxyl groups excluding tert-OH is 1. The number of likely N-dealkylation sites (N-methyl/N-ethyl adjacent to an activating group) is 2. The van der Waals surface area contributed by atoms with E-state index < -0.39 is 48.2 Å². The van der Waals surface area contributed by atoms with E-state index in [0.717, 1.165) is 18.4 Å². The van der Waals surface area contributed by atoms with Crippen molar-refractivity contribution < 1.29 is 43.7 Å². The molecular formula is C45H75N3O9. The van der Waals surface area contributed by atoms with Crippen molar-refractivity contribution in [3.05, 3.63) is 35.9 Å². The molecule has 10 atom stereocenters. The van der Waals surface area contributed by atoms with Crippen LogP contribution in [0, 0.1) is 35.5 Å². The summed E-state index contributed by atoms with van der Waals surface area (Å²) in [4.78, 5) is 72.8. The molecule has 0 unspecified atom stereocenters. The van der Waals surface area contributed by atoms with Gasteiger partial charge in [-0.25, -0.2) is 0 Å². The minimum Gasteiger partial charge on any atom is -0.481 e. The fourth-order valence-corrected chi connectivity index (χ4v) is 8.89. The average Bonchev–Trinajstić information content (AvgIpc) is 3.65. The van der Waals surface area contributed by atoms with Crippen LogP contribution in [0.3, 0.4) is 0 Å². The molecule has 1 aliphatic rings. The van der Waals surface area contributed by atoms with Gasteiger partial charge in [0.2, 0.25) is 11.8 Å². The van der Waals surface area contributed by atoms with Gasteiger partial charge >= 0.3 is 5.97 Å². The summed E-state index contributed by atoms with van der Waals surface area (Å²) in [7, 11) is 6.72. The lowest BCUT2D eigenvalue weighted by Crippen LogP contribution is -2.54. The summed E-state index contributed by atoms with van der Waals surface area (Å²) < 4.78 is 12.0. The maximum Gasteiger partial charge on any atom is 0.303 e. The Hall–Kier alpha value is -3.19. The van der Waals surface area contributed by atoms with Gasteiger partial charge in [0, 0.05) is 58.9 Å². The van der Waals surface area contributed by atoms with E-state index in [0.29, 0.717) is 25.9 Å². The second-order valence-electron chi connectivity index (χ2n) is 17.3. The summed E-state index contributed by atoms with van der Waals surface area (Å²) in [5, 5.41) is 20.0. The number of ether oxygens (including phenoxy) is 2. The van der Waals surface area contributed by atoms with Crippen LogP contribution in [-0.4, -0.2) is 126 Å². The molecule has 2 amide bonds. The molecule has 1 saturated heterocycles. The Balaban J connectivity index is 2.25. The minimum atomic E-state index is -0.876. The number of methoxy groups -OCH3 is 2. The number of rotatable bonds is 26. The lowest BCUT2D eigenvalue weighted by Gasteiger charge is -2.41. The topological polar surface area (TPSA) is 154 Å². The molecule has 324 valence electrons. The zero-order valence-electron chi connectivity index (χ0n) is 37.0. The number of carboxylic acid groups (broad SMARTS) is 1. The largest absolute Gasteiger partial charge is 0.481 e. The predicted molar refractivity (Wildman–Crippen MR) is 222 cm³/mol. The number of carboxylic acids is 1. The maximum absolute atomic E-state index is 14.5. The van der Waals surface area contributed by atoms with E-state index in [1.165, 1.54) is 0 Å². The SMILES string of the molecule is CC[C@H](C)[C@@H]([C@@H](CC(=O)N1CCC[C@H]1[C@H](OC)[C@@H](C)C(=O)C[C@H](C)[C@@H](O)c1ccccc1)OC)N(C)C(=O)[C@@H](CC(=O)[C@H](C(C)C)N(C)CCCC(=O)O)C(C)C. The molecule has 1 aromatic rings. The number of nitrogens with zero attached hydrogens (tertiary/aromatic N) is 3. The van der Waals surface area contributed by atoms with Crippen molar-refractivity contribution in [2.45, 2.75) is 143 Å². The van der Waals surface area contributed by atoms with Crippen molar-refractivity contribution in [3.8, 4) is 0 Å². The van der Waals surface area contributed by atoms with Gasteiger partial charge in [-0.15, -0.1) is 0 Å². The van der Waals surface area contributed by atoms with Gasteiger partial charge in [-0.05, 0) is 62.1 Å². The Morgan fingerprint density at radius 2 is 1.49 bits per heavy atom. The zero-order chi connectivity index (χ0) is 43.1. The molecule has 0 saturated carbocycles. The van der Waals surface area contributed by atoms with Crippen LogP contribution in [0.1, 0.15) is 118 Å². The van der Waals surface area contributed by atoms with Gasteiger partial charge in [-0.1, -0.05) is 92.1 Å². The van der Waals surface area contributed by atoms with Gasteiger partial charge in [0.15, 0.2) is 5.78 Å². The van der Waals surface area contributed by atoms with Crippen LogP contribution in [0.5, 0.6) is 0 Å². The van der Waals surface area contributed by atoms with Gasteiger partial charge in [-0.3, -0.25) is 28.9 Å². The third-order valence-electron chi connectivity index (χ3n) is 12.4. The van der Waals surface area contributed by atoms with Crippen LogP contribution in [0.4, 0.5) is 0 Å². The Bertz CT molecular complexity index is 1420. The Morgan fingerprint density at radius 3 is 2.02 bits per heavy atom. The number of carbonyl (C=O) groups excluding carboxylic acids is 4. The predicted octanol–water partition coefficient (Wildman–Crippen LogP) is 6.29. The van der Waals surface area contributed by atoms with Gasteiger partial charge in [0.25, 0.3) is 0 Å². The van der Waals surface area contributed by atoms with E-state index in [9.17, 15) is 29.1 Å². The van der Waals surface area contributed by atoms with E-state index in [1.54, 1.807) is 26.2 Å². The van der Waals surface area contributed by atoms with Crippen molar-refractivity contribution >= 4 is 29.4 Å². The second kappa shape index (κ2) is 24.0. The van der Waals surface area contributed by atoms with E-state index in [4.69, 9.17) is 14.6 Å². The highest BCUT2D eigenvalue weighted by atomic mass is 16.5. The fourth-order valence-electron chi connectivity index (χ4n) is 8.89. The second-order valence-corrected chi connectivity index (χ2v) is 17.3. The molecular weight excluding hydrogens is 727 g/mol. The molecule has 0 aliphatic carbocycles. The van der Waals surface area contributed by atoms with E-state index in [2.05, 4.69) is 0 Å². The number of Topliss-reactive ketones (excluding diaryl/α,β-unsaturated/α-hetero) is 2. The number of hydrogen-bond donors (Lipinski definition) is 2. The molecule has 0 radical (unpaired) electrons. The number of hydrogen-bond acceptors (Lipinski definition) is 9. The first-order valence-corrected chi connectivity index (χ1v) is 21.1. The lowest BCUT2D eigenvalue weighted by molar-refractivity contribution is -0.149. The van der Waals surface area contributed by atoms with E-state index in [-0.39, 0.29) is 78.8 Å². The molecule has 1 fully saturated rings. The van der Waals surface area contributed by atoms with Crippen molar-refractivity contribution in [1.82, 2.24) is 14.7 Å². The summed E-state index contributed by atoms with van der Waals surface area (Å²) in [6.07, 6.45) is 0.931. The van der Waals surface area contributed by atoms with Gasteiger partial charge < -0.3 is 29.5 Å². The van der Waals surface area contributed by atoms with Crippen LogP contribution >= 0.6 is 0 Å². The molecule has 2 N–H and O–H groups in total. The number of amides is 2. The van der Waals surface area contributed by atoms with Crippen molar-refractivity contribution in [1.29, 1.82) is 0 Å². The van der Waals surface area contributed by atoms with Crippen LogP contribution < -0.4 is 0 Å². The molecule has 57 heavy (non-hydrogen) atoms. The molecule has 12 heteroatoms. The highest BCUT2D eigenvalue weighted by molar-refractivity contribution is 5.90. The van der Waals surface area contributed by atoms with Crippen LogP contribution in [-0.2, 0) is 33.4 Å². The maximum atomic E-state index is 14.5. The molecule has 2 rings (SSSR count). The monoisotopic (exact) mass is 802 g/mol. The summed E-state index contributed by atoms with van der Waals surface area (Å²) in [5.74, 6) is -2.88. The molecule has 0 spiro atoms. The lowest BCUT2D eigenvalue weighted by atomic mass is 9.83. The van der Waals surface area contributed by atoms with Crippen LogP contribution in [0.2, 0.25) is 0 Å².